The van der Waals surface area contributed by atoms with Crippen molar-refractivity contribution < 1.29 is 14.3 Å². The van der Waals surface area contributed by atoms with E-state index in [1.54, 1.807) is 0 Å². The van der Waals surface area contributed by atoms with Crippen LogP contribution in [0.2, 0.25) is 0 Å². The molecular weight excluding hydrogens is 380 g/mol. The third kappa shape index (κ3) is 4.56. The number of benzene rings is 1. The largest absolute Gasteiger partial charge is 0.444 e. The number of aliphatic imine (C=N–C) groups is 1. The van der Waals surface area contributed by atoms with E-state index >= 15 is 0 Å². The summed E-state index contributed by atoms with van der Waals surface area (Å²) in [4.78, 5) is 21.3. The first kappa shape index (κ1) is 21.0. The molecule has 0 saturated carbocycles. The van der Waals surface area contributed by atoms with Crippen molar-refractivity contribution in [3.05, 3.63) is 35.9 Å². The van der Waals surface area contributed by atoms with Gasteiger partial charge in [-0.25, -0.2) is 4.79 Å². The molecule has 0 bridgehead atoms. The normalized spacial score (nSPS) is 23.6. The second-order valence-corrected chi connectivity index (χ2v) is 9.55. The lowest BCUT2D eigenvalue weighted by atomic mass is 9.74. The van der Waals surface area contributed by atoms with Gasteiger partial charge in [-0.15, -0.1) is 0 Å². The van der Waals surface area contributed by atoms with Crippen LogP contribution in [0.5, 0.6) is 0 Å². The van der Waals surface area contributed by atoms with Gasteiger partial charge in [-0.05, 0) is 39.2 Å². The first-order valence-corrected chi connectivity index (χ1v) is 11.0. The van der Waals surface area contributed by atoms with Crippen LogP contribution in [0.3, 0.4) is 0 Å². The van der Waals surface area contributed by atoms with E-state index < -0.39 is 5.60 Å². The lowest BCUT2D eigenvalue weighted by Crippen LogP contribution is -2.58. The second kappa shape index (κ2) is 8.46. The number of carbonyl (C=O) groups excluding carboxylic acids is 1. The van der Waals surface area contributed by atoms with Crippen molar-refractivity contribution in [1.29, 1.82) is 0 Å². The van der Waals surface area contributed by atoms with Gasteiger partial charge in [0, 0.05) is 44.8 Å². The highest BCUT2D eigenvalue weighted by molar-refractivity contribution is 5.82. The zero-order valence-corrected chi connectivity index (χ0v) is 18.4. The number of carbonyl (C=O) groups is 1. The molecule has 3 heterocycles. The third-order valence-electron chi connectivity index (χ3n) is 6.28. The number of guanidine groups is 1. The molecule has 3 aliphatic heterocycles. The van der Waals surface area contributed by atoms with Gasteiger partial charge in [-0.3, -0.25) is 4.99 Å². The fourth-order valence-electron chi connectivity index (χ4n) is 4.59. The molecule has 7 heteroatoms. The summed E-state index contributed by atoms with van der Waals surface area (Å²) in [6.45, 7) is 10.9. The fraction of sp³-hybridized carbons (Fsp3) is 0.652. The van der Waals surface area contributed by atoms with Crippen molar-refractivity contribution in [3.8, 4) is 0 Å². The Bertz CT molecular complexity index is 768. The minimum Gasteiger partial charge on any atom is -0.444 e. The topological polar surface area (TPSA) is 66.4 Å². The standard InChI is InChI=1S/C23H34N4O3/c1-22(2,3)30-21(28)26-11-12-27-19(16-26)15-24-20(27)25-17-23(9-13-29-14-10-23)18-7-5-4-6-8-18/h4-8,19H,9-17H2,1-3H3,(H,24,25). The maximum Gasteiger partial charge on any atom is 0.410 e. The number of amides is 1. The van der Waals surface area contributed by atoms with Crippen molar-refractivity contribution >= 4 is 12.1 Å². The molecule has 3 aliphatic rings. The molecule has 7 nitrogen and oxygen atoms in total. The molecule has 1 aromatic rings. The van der Waals surface area contributed by atoms with Crippen LogP contribution in [0, 0.1) is 0 Å². The van der Waals surface area contributed by atoms with Crippen LogP contribution in [-0.4, -0.2) is 79.4 Å². The van der Waals surface area contributed by atoms with Gasteiger partial charge in [-0.2, -0.15) is 0 Å². The van der Waals surface area contributed by atoms with E-state index in [1.807, 2.05) is 25.7 Å². The first-order chi connectivity index (χ1) is 14.4. The Labute approximate surface area is 179 Å². The molecule has 0 radical (unpaired) electrons. The Morgan fingerprint density at radius 3 is 2.67 bits per heavy atom. The molecular formula is C23H34N4O3. The van der Waals surface area contributed by atoms with Crippen molar-refractivity contribution in [3.63, 3.8) is 0 Å². The number of nitrogens with one attached hydrogen (secondary N) is 1. The Balaban J connectivity index is 1.37. The summed E-state index contributed by atoms with van der Waals surface area (Å²) in [6.07, 6.45) is 1.79. The smallest absolute Gasteiger partial charge is 0.410 e. The number of fused-ring (bicyclic) bond motifs is 1. The molecule has 1 N–H and O–H groups in total. The van der Waals surface area contributed by atoms with Gasteiger partial charge in [0.05, 0.1) is 12.6 Å². The SMILES string of the molecule is CC(C)(C)OC(=O)N1CCN2C(NCC3(c4ccccc4)CCOCC3)=NCC2C1. The quantitative estimate of drug-likeness (QED) is 0.824. The maximum absolute atomic E-state index is 12.4. The van der Waals surface area contributed by atoms with E-state index in [0.717, 1.165) is 45.1 Å². The van der Waals surface area contributed by atoms with Gasteiger partial charge in [0.2, 0.25) is 0 Å². The predicted molar refractivity (Wildman–Crippen MR) is 117 cm³/mol. The molecule has 1 amide bonds. The summed E-state index contributed by atoms with van der Waals surface area (Å²) < 4.78 is 11.2. The molecule has 0 aromatic heterocycles. The Kier molecular flexibility index (Phi) is 5.91. The average molecular weight is 415 g/mol. The number of piperazine rings is 1. The van der Waals surface area contributed by atoms with Gasteiger partial charge in [-0.1, -0.05) is 30.3 Å². The summed E-state index contributed by atoms with van der Waals surface area (Å²) in [7, 11) is 0. The van der Waals surface area contributed by atoms with Gasteiger partial charge >= 0.3 is 6.09 Å². The van der Waals surface area contributed by atoms with Gasteiger partial charge in [0.25, 0.3) is 0 Å². The monoisotopic (exact) mass is 414 g/mol. The summed E-state index contributed by atoms with van der Waals surface area (Å²) >= 11 is 0. The van der Waals surface area contributed by atoms with Crippen LogP contribution in [-0.2, 0) is 14.9 Å². The highest BCUT2D eigenvalue weighted by Crippen LogP contribution is 2.34. The van der Waals surface area contributed by atoms with E-state index in [2.05, 4.69) is 40.5 Å². The molecule has 2 saturated heterocycles. The second-order valence-electron chi connectivity index (χ2n) is 9.55. The number of hydrogen-bond acceptors (Lipinski definition) is 6. The molecule has 1 unspecified atom stereocenters. The molecule has 0 spiro atoms. The number of nitrogens with zero attached hydrogens (tertiary/aromatic N) is 3. The average Bonchev–Trinajstić information content (AvgIpc) is 3.15. The predicted octanol–water partition coefficient (Wildman–Crippen LogP) is 2.62. The van der Waals surface area contributed by atoms with Crippen LogP contribution in [0.1, 0.15) is 39.2 Å². The molecule has 164 valence electrons. The van der Waals surface area contributed by atoms with Crippen LogP contribution >= 0.6 is 0 Å². The van der Waals surface area contributed by atoms with Crippen LogP contribution < -0.4 is 5.32 Å². The van der Waals surface area contributed by atoms with Crippen LogP contribution in [0.15, 0.2) is 35.3 Å². The summed E-state index contributed by atoms with van der Waals surface area (Å²) in [5, 5.41) is 3.66. The molecule has 4 rings (SSSR count). The summed E-state index contributed by atoms with van der Waals surface area (Å²) in [5.74, 6) is 0.964. The molecule has 0 aliphatic carbocycles. The Morgan fingerprint density at radius 1 is 1.23 bits per heavy atom. The lowest BCUT2D eigenvalue weighted by Gasteiger charge is -2.41. The zero-order valence-electron chi connectivity index (χ0n) is 18.4. The number of ether oxygens (including phenoxy) is 2. The van der Waals surface area contributed by atoms with Crippen molar-refractivity contribution in [1.82, 2.24) is 15.1 Å². The van der Waals surface area contributed by atoms with E-state index in [-0.39, 0.29) is 17.6 Å². The van der Waals surface area contributed by atoms with E-state index in [1.165, 1.54) is 5.56 Å². The minimum absolute atomic E-state index is 0.0679. The molecule has 1 aromatic carbocycles. The fourth-order valence-corrected chi connectivity index (χ4v) is 4.59. The van der Waals surface area contributed by atoms with Crippen molar-refractivity contribution in [2.45, 2.75) is 50.7 Å². The minimum atomic E-state index is -0.470. The van der Waals surface area contributed by atoms with Gasteiger partial charge in [0.1, 0.15) is 5.60 Å². The van der Waals surface area contributed by atoms with Crippen LogP contribution in [0.25, 0.3) is 0 Å². The number of rotatable bonds is 3. The van der Waals surface area contributed by atoms with Gasteiger partial charge < -0.3 is 24.6 Å². The highest BCUT2D eigenvalue weighted by Gasteiger charge is 2.39. The summed E-state index contributed by atoms with van der Waals surface area (Å²) in [6, 6.07) is 11.0. The van der Waals surface area contributed by atoms with Gasteiger partial charge in [0.15, 0.2) is 5.96 Å². The van der Waals surface area contributed by atoms with E-state index in [4.69, 9.17) is 14.5 Å². The van der Waals surface area contributed by atoms with Crippen LogP contribution in [0.4, 0.5) is 4.79 Å². The lowest BCUT2D eigenvalue weighted by molar-refractivity contribution is 0.0136. The molecule has 2 fully saturated rings. The molecule has 1 atom stereocenters. The summed E-state index contributed by atoms with van der Waals surface area (Å²) in [5.41, 5.74) is 0.965. The Hall–Kier alpha value is -2.28. The zero-order chi connectivity index (χ0) is 21.2. The third-order valence-corrected chi connectivity index (χ3v) is 6.28. The first-order valence-electron chi connectivity index (χ1n) is 11.0. The van der Waals surface area contributed by atoms with Crippen molar-refractivity contribution in [2.75, 3.05) is 45.9 Å². The Morgan fingerprint density at radius 2 is 1.97 bits per heavy atom. The number of hydrogen-bond donors (Lipinski definition) is 1. The van der Waals surface area contributed by atoms with Crippen molar-refractivity contribution in [2.24, 2.45) is 4.99 Å². The maximum atomic E-state index is 12.4. The molecule has 30 heavy (non-hydrogen) atoms. The van der Waals surface area contributed by atoms with E-state index in [9.17, 15) is 4.79 Å². The highest BCUT2D eigenvalue weighted by atomic mass is 16.6. The van der Waals surface area contributed by atoms with E-state index in [0.29, 0.717) is 19.6 Å².